The van der Waals surface area contributed by atoms with Gasteiger partial charge in [0.1, 0.15) is 23.5 Å². The van der Waals surface area contributed by atoms with Gasteiger partial charge in [-0.3, -0.25) is 4.79 Å². The van der Waals surface area contributed by atoms with E-state index in [1.807, 2.05) is 25.1 Å². The van der Waals surface area contributed by atoms with Gasteiger partial charge in [0.25, 0.3) is 5.91 Å². The number of hydrogen-bond acceptors (Lipinski definition) is 5. The van der Waals surface area contributed by atoms with Gasteiger partial charge in [-0.1, -0.05) is 26.0 Å². The number of urea groups is 1. The van der Waals surface area contributed by atoms with Gasteiger partial charge in [0.2, 0.25) is 0 Å². The number of carbonyl (C=O) groups excluding carboxylic acids is 2. The first-order chi connectivity index (χ1) is 20.0. The largest absolute Gasteiger partial charge is 0.492 e. The van der Waals surface area contributed by atoms with Gasteiger partial charge in [-0.15, -0.1) is 0 Å². The van der Waals surface area contributed by atoms with E-state index in [1.54, 1.807) is 36.0 Å². The molecule has 2 aromatic carbocycles. The summed E-state index contributed by atoms with van der Waals surface area (Å²) in [4.78, 5) is 41.2. The van der Waals surface area contributed by atoms with Crippen LogP contribution in [0.2, 0.25) is 0 Å². The van der Waals surface area contributed by atoms with Gasteiger partial charge in [-0.25, -0.2) is 19.2 Å². The number of halogens is 1. The molecule has 10 heteroatoms. The fourth-order valence-electron chi connectivity index (χ4n) is 5.63. The number of aromatic amines is 1. The number of carbonyl (C=O) groups is 2. The highest BCUT2D eigenvalue weighted by Gasteiger charge is 2.32. The zero-order valence-electron chi connectivity index (χ0n) is 24.3. The number of aromatic nitrogens is 3. The number of nitrogens with zero attached hydrogens (tertiary/aromatic N) is 4. The standard InChI is InChI=1S/C32H33FN6O3/c1-18-22(13-21(33)14-25(18)37-30(40)20-6-7-24-27(12-20)42-16-32(24,2)3)28-23-15-26(36-29(23)35-17-34-28)19-8-10-39(11-9-19)31(41)38(4)5/h6-8,12-15,17H,9-11,16H2,1-5H3,(H,37,40)(H,34,35,36). The molecule has 9 nitrogen and oxygen atoms in total. The molecule has 0 bridgehead atoms. The summed E-state index contributed by atoms with van der Waals surface area (Å²) >= 11 is 0. The minimum Gasteiger partial charge on any atom is -0.492 e. The molecular formula is C32H33FN6O3. The fourth-order valence-corrected chi connectivity index (χ4v) is 5.63. The predicted molar refractivity (Wildman–Crippen MR) is 160 cm³/mol. The number of hydrogen-bond donors (Lipinski definition) is 2. The molecule has 0 spiro atoms. The van der Waals surface area contributed by atoms with E-state index in [9.17, 15) is 14.0 Å². The molecule has 0 aliphatic carbocycles. The smallest absolute Gasteiger partial charge is 0.319 e. The van der Waals surface area contributed by atoms with Crippen molar-refractivity contribution in [2.75, 3.05) is 39.1 Å². The molecule has 2 aliphatic rings. The van der Waals surface area contributed by atoms with Crippen LogP contribution in [0.25, 0.3) is 27.9 Å². The summed E-state index contributed by atoms with van der Waals surface area (Å²) in [6.45, 7) is 7.71. The van der Waals surface area contributed by atoms with Crippen molar-refractivity contribution in [2.24, 2.45) is 0 Å². The molecule has 0 radical (unpaired) electrons. The Labute approximate surface area is 243 Å². The van der Waals surface area contributed by atoms with Crippen molar-refractivity contribution >= 4 is 34.2 Å². The minimum atomic E-state index is -0.493. The van der Waals surface area contributed by atoms with Gasteiger partial charge < -0.3 is 24.8 Å². The lowest BCUT2D eigenvalue weighted by atomic mass is 9.86. The van der Waals surface area contributed by atoms with E-state index in [2.05, 4.69) is 34.1 Å². The molecule has 2 aliphatic heterocycles. The van der Waals surface area contributed by atoms with Crippen LogP contribution in [0.3, 0.4) is 0 Å². The summed E-state index contributed by atoms with van der Waals surface area (Å²) < 4.78 is 20.8. The summed E-state index contributed by atoms with van der Waals surface area (Å²) in [7, 11) is 3.49. The summed E-state index contributed by atoms with van der Waals surface area (Å²) in [6.07, 6.45) is 4.17. The third kappa shape index (κ3) is 4.87. The lowest BCUT2D eigenvalue weighted by Crippen LogP contribution is -2.41. The first kappa shape index (κ1) is 27.4. The van der Waals surface area contributed by atoms with E-state index in [-0.39, 0.29) is 17.4 Å². The van der Waals surface area contributed by atoms with Crippen molar-refractivity contribution in [3.8, 4) is 17.0 Å². The second-order valence-corrected chi connectivity index (χ2v) is 11.7. The number of amides is 3. The SMILES string of the molecule is Cc1c(NC(=O)c2ccc3c(c2)OCC3(C)C)cc(F)cc1-c1ncnc2[nH]c(C3=CCN(C(=O)N(C)C)CC3)cc12. The van der Waals surface area contributed by atoms with Crippen molar-refractivity contribution in [3.05, 3.63) is 77.0 Å². The third-order valence-corrected chi connectivity index (χ3v) is 8.07. The molecule has 4 aromatic rings. The Hall–Kier alpha value is -4.73. The number of benzene rings is 2. The third-order valence-electron chi connectivity index (χ3n) is 8.07. The lowest BCUT2D eigenvalue weighted by Gasteiger charge is -2.28. The maximum Gasteiger partial charge on any atom is 0.319 e. The summed E-state index contributed by atoms with van der Waals surface area (Å²) in [6, 6.07) is 10.1. The van der Waals surface area contributed by atoms with Crippen LogP contribution in [0.1, 0.15) is 47.4 Å². The Balaban J connectivity index is 1.30. The predicted octanol–water partition coefficient (Wildman–Crippen LogP) is 5.77. The fraction of sp³-hybridized carbons (Fsp3) is 0.312. The molecule has 216 valence electrons. The first-order valence-corrected chi connectivity index (χ1v) is 13.9. The van der Waals surface area contributed by atoms with E-state index >= 15 is 0 Å². The van der Waals surface area contributed by atoms with E-state index in [4.69, 9.17) is 4.74 Å². The Morgan fingerprint density at radius 3 is 2.69 bits per heavy atom. The maximum atomic E-state index is 15.0. The van der Waals surface area contributed by atoms with Gasteiger partial charge in [0.15, 0.2) is 0 Å². The van der Waals surface area contributed by atoms with Crippen LogP contribution in [-0.4, -0.2) is 70.5 Å². The van der Waals surface area contributed by atoms with E-state index in [1.165, 1.54) is 18.5 Å². The molecule has 0 saturated heterocycles. The number of H-pyrrole nitrogens is 1. The minimum absolute atomic E-state index is 0.0203. The Kier molecular flexibility index (Phi) is 6.71. The van der Waals surface area contributed by atoms with Crippen LogP contribution in [0.5, 0.6) is 5.75 Å². The molecule has 3 amide bonds. The van der Waals surface area contributed by atoms with Crippen LogP contribution in [0.15, 0.2) is 48.8 Å². The average molecular weight is 569 g/mol. The summed E-state index contributed by atoms with van der Waals surface area (Å²) in [5, 5.41) is 3.63. The molecule has 6 rings (SSSR count). The van der Waals surface area contributed by atoms with Crippen LogP contribution in [0.4, 0.5) is 14.9 Å². The molecule has 0 saturated carbocycles. The quantitative estimate of drug-likeness (QED) is 0.326. The first-order valence-electron chi connectivity index (χ1n) is 13.9. The Morgan fingerprint density at radius 1 is 1.14 bits per heavy atom. The number of rotatable bonds is 4. The zero-order chi connectivity index (χ0) is 29.8. The Bertz CT molecular complexity index is 1770. The van der Waals surface area contributed by atoms with Crippen LogP contribution >= 0.6 is 0 Å². The van der Waals surface area contributed by atoms with Gasteiger partial charge in [-0.2, -0.15) is 0 Å². The normalized spacial score (nSPS) is 15.7. The van der Waals surface area contributed by atoms with Gasteiger partial charge in [-0.05, 0) is 54.8 Å². The number of ether oxygens (including phenoxy) is 1. The van der Waals surface area contributed by atoms with Crippen LogP contribution in [0, 0.1) is 12.7 Å². The maximum absolute atomic E-state index is 15.0. The van der Waals surface area contributed by atoms with Crippen molar-refractivity contribution in [2.45, 2.75) is 32.6 Å². The second-order valence-electron chi connectivity index (χ2n) is 11.7. The van der Waals surface area contributed by atoms with E-state index in [0.29, 0.717) is 65.6 Å². The molecule has 2 N–H and O–H groups in total. The zero-order valence-corrected chi connectivity index (χ0v) is 24.3. The summed E-state index contributed by atoms with van der Waals surface area (Å²) in [5.74, 6) is -0.150. The Morgan fingerprint density at radius 2 is 1.95 bits per heavy atom. The number of anilines is 1. The highest BCUT2D eigenvalue weighted by atomic mass is 19.1. The van der Waals surface area contributed by atoms with Gasteiger partial charge in [0.05, 0.1) is 12.3 Å². The van der Waals surface area contributed by atoms with E-state index < -0.39 is 5.82 Å². The van der Waals surface area contributed by atoms with Crippen molar-refractivity contribution in [3.63, 3.8) is 0 Å². The number of fused-ring (bicyclic) bond motifs is 2. The molecule has 0 unspecified atom stereocenters. The average Bonchev–Trinajstić information content (AvgIpc) is 3.54. The topological polar surface area (TPSA) is 103 Å². The second kappa shape index (κ2) is 10.3. The van der Waals surface area contributed by atoms with Crippen LogP contribution in [-0.2, 0) is 5.41 Å². The molecule has 42 heavy (non-hydrogen) atoms. The van der Waals surface area contributed by atoms with Gasteiger partial charge in [0, 0.05) is 66.1 Å². The van der Waals surface area contributed by atoms with E-state index in [0.717, 1.165) is 22.2 Å². The monoisotopic (exact) mass is 568 g/mol. The molecule has 0 atom stereocenters. The summed E-state index contributed by atoms with van der Waals surface area (Å²) in [5.41, 5.74) is 6.12. The van der Waals surface area contributed by atoms with Gasteiger partial charge >= 0.3 is 6.03 Å². The molecule has 2 aromatic heterocycles. The highest BCUT2D eigenvalue weighted by Crippen LogP contribution is 2.39. The molecule has 4 heterocycles. The highest BCUT2D eigenvalue weighted by molar-refractivity contribution is 6.06. The van der Waals surface area contributed by atoms with Crippen molar-refractivity contribution < 1.29 is 18.7 Å². The number of nitrogens with one attached hydrogen (secondary N) is 2. The van der Waals surface area contributed by atoms with Crippen LogP contribution < -0.4 is 10.1 Å². The van der Waals surface area contributed by atoms with Crippen molar-refractivity contribution in [1.82, 2.24) is 24.8 Å². The molecule has 0 fully saturated rings. The van der Waals surface area contributed by atoms with Crippen molar-refractivity contribution in [1.29, 1.82) is 0 Å². The molecular weight excluding hydrogens is 535 g/mol. The lowest BCUT2D eigenvalue weighted by molar-refractivity contribution is 0.102.